The van der Waals surface area contributed by atoms with Gasteiger partial charge in [-0.25, -0.2) is 4.72 Å². The smallest absolute Gasteiger partial charge is 0.202 e. The highest BCUT2D eigenvalue weighted by Crippen LogP contribution is 2.48. The minimum Gasteiger partial charge on any atom is -0.202 e. The molecule has 0 bridgehead atoms. The van der Waals surface area contributed by atoms with Crippen molar-refractivity contribution in [3.8, 4) is 0 Å². The molecule has 0 spiro atoms. The van der Waals surface area contributed by atoms with Crippen molar-refractivity contribution in [3.63, 3.8) is 0 Å². The van der Waals surface area contributed by atoms with E-state index in [-0.39, 0.29) is 5.41 Å². The average Bonchev–Trinajstić information content (AvgIpc) is 3.09. The van der Waals surface area contributed by atoms with Crippen LogP contribution in [0, 0.1) is 5.41 Å². The van der Waals surface area contributed by atoms with E-state index in [1.807, 2.05) is 0 Å². The number of halogens is 1. The highest BCUT2D eigenvalue weighted by atomic mass is 79.9. The summed E-state index contributed by atoms with van der Waals surface area (Å²) in [6.45, 7) is 1.97. The van der Waals surface area contributed by atoms with Gasteiger partial charge in [-0.1, -0.05) is 22.4 Å². The van der Waals surface area contributed by atoms with Crippen molar-refractivity contribution in [1.82, 2.24) is 9.03 Å². The van der Waals surface area contributed by atoms with Crippen molar-refractivity contribution in [1.29, 1.82) is 0 Å². The van der Waals surface area contributed by atoms with Crippen LogP contribution < -0.4 is 4.72 Å². The topological polar surface area (TPSA) is 49.4 Å². The lowest BCUT2D eigenvalue weighted by molar-refractivity contribution is 0.338. The lowest BCUT2D eigenvalue weighted by Crippen LogP contribution is -2.45. The van der Waals surface area contributed by atoms with Crippen molar-refractivity contribution in [2.24, 2.45) is 5.41 Å². The lowest BCUT2D eigenvalue weighted by Gasteiger charge is -2.27. The van der Waals surface area contributed by atoms with E-state index in [9.17, 15) is 8.42 Å². The van der Waals surface area contributed by atoms with Gasteiger partial charge in [-0.3, -0.25) is 0 Å². The summed E-state index contributed by atoms with van der Waals surface area (Å²) in [5, 5.41) is 0.957. The molecule has 0 unspecified atom stereocenters. The van der Waals surface area contributed by atoms with Crippen LogP contribution in [0.15, 0.2) is 0 Å². The van der Waals surface area contributed by atoms with Crippen LogP contribution in [0.2, 0.25) is 0 Å². The van der Waals surface area contributed by atoms with Gasteiger partial charge in [0, 0.05) is 25.0 Å². The van der Waals surface area contributed by atoms with Crippen LogP contribution in [-0.2, 0) is 10.2 Å². The molecule has 0 radical (unpaired) electrons. The highest BCUT2D eigenvalue weighted by molar-refractivity contribution is 9.09. The Morgan fingerprint density at radius 1 is 1.18 bits per heavy atom. The predicted molar refractivity (Wildman–Crippen MR) is 72.4 cm³/mol. The number of nitrogens with one attached hydrogen (secondary N) is 1. The maximum Gasteiger partial charge on any atom is 0.279 e. The van der Waals surface area contributed by atoms with Crippen LogP contribution in [0.1, 0.15) is 38.5 Å². The molecule has 0 aromatic heterocycles. The molecule has 1 N–H and O–H groups in total. The van der Waals surface area contributed by atoms with E-state index >= 15 is 0 Å². The van der Waals surface area contributed by atoms with Crippen molar-refractivity contribution in [2.45, 2.75) is 38.5 Å². The third-order valence-electron chi connectivity index (χ3n) is 3.87. The first-order valence-electron chi connectivity index (χ1n) is 6.39. The molecule has 0 aromatic carbocycles. The van der Waals surface area contributed by atoms with Crippen molar-refractivity contribution in [2.75, 3.05) is 25.0 Å². The predicted octanol–water partition coefficient (Wildman–Crippen LogP) is 1.87. The van der Waals surface area contributed by atoms with Gasteiger partial charge >= 0.3 is 0 Å². The third kappa shape index (κ3) is 3.66. The van der Waals surface area contributed by atoms with Crippen LogP contribution >= 0.6 is 15.9 Å². The SMILES string of the molecule is O=S(=O)(NCC1(CCBr)CC1)N1CCCCC1. The second kappa shape index (κ2) is 5.55. The van der Waals surface area contributed by atoms with Gasteiger partial charge in [0.15, 0.2) is 0 Å². The van der Waals surface area contributed by atoms with E-state index in [1.165, 1.54) is 0 Å². The molecule has 100 valence electrons. The van der Waals surface area contributed by atoms with E-state index in [0.717, 1.165) is 43.9 Å². The van der Waals surface area contributed by atoms with Crippen LogP contribution in [0.25, 0.3) is 0 Å². The van der Waals surface area contributed by atoms with Gasteiger partial charge in [-0.05, 0) is 37.5 Å². The fourth-order valence-electron chi connectivity index (χ4n) is 2.33. The van der Waals surface area contributed by atoms with Crippen LogP contribution in [-0.4, -0.2) is 37.7 Å². The van der Waals surface area contributed by atoms with Gasteiger partial charge in [-0.2, -0.15) is 12.7 Å². The minimum atomic E-state index is -3.23. The molecule has 1 heterocycles. The fraction of sp³-hybridized carbons (Fsp3) is 1.00. The third-order valence-corrected chi connectivity index (χ3v) is 5.82. The Kier molecular flexibility index (Phi) is 4.50. The number of piperidine rings is 1. The molecule has 4 nitrogen and oxygen atoms in total. The summed E-state index contributed by atoms with van der Waals surface area (Å²) in [7, 11) is -3.23. The fourth-order valence-corrected chi connectivity index (χ4v) is 4.58. The zero-order chi connectivity index (χ0) is 12.4. The molecule has 0 aromatic rings. The number of nitrogens with zero attached hydrogens (tertiary/aromatic N) is 1. The first-order valence-corrected chi connectivity index (χ1v) is 8.95. The van der Waals surface area contributed by atoms with Crippen molar-refractivity contribution < 1.29 is 8.42 Å². The normalized spacial score (nSPS) is 24.8. The molecule has 6 heteroatoms. The van der Waals surface area contributed by atoms with Crippen molar-refractivity contribution in [3.05, 3.63) is 0 Å². The molecule has 2 fully saturated rings. The molecule has 1 aliphatic carbocycles. The van der Waals surface area contributed by atoms with Gasteiger partial charge < -0.3 is 0 Å². The second-order valence-electron chi connectivity index (χ2n) is 5.22. The van der Waals surface area contributed by atoms with Crippen molar-refractivity contribution >= 4 is 26.1 Å². The maximum absolute atomic E-state index is 12.1. The number of hydrogen-bond donors (Lipinski definition) is 1. The molecular formula is C11H21BrN2O2S. The number of alkyl halides is 1. The van der Waals surface area contributed by atoms with E-state index < -0.39 is 10.2 Å². The molecule has 2 aliphatic rings. The monoisotopic (exact) mass is 324 g/mol. The Hall–Kier alpha value is 0.350. The zero-order valence-electron chi connectivity index (χ0n) is 10.1. The summed E-state index contributed by atoms with van der Waals surface area (Å²) in [6.07, 6.45) is 6.51. The van der Waals surface area contributed by atoms with E-state index in [0.29, 0.717) is 19.6 Å². The first-order chi connectivity index (χ1) is 8.08. The molecule has 1 saturated heterocycles. The Labute approximate surface area is 112 Å². The Morgan fingerprint density at radius 3 is 2.35 bits per heavy atom. The van der Waals surface area contributed by atoms with Crippen LogP contribution in [0.5, 0.6) is 0 Å². The number of hydrogen-bond acceptors (Lipinski definition) is 2. The Morgan fingerprint density at radius 2 is 1.82 bits per heavy atom. The van der Waals surface area contributed by atoms with E-state index in [1.54, 1.807) is 4.31 Å². The maximum atomic E-state index is 12.1. The molecule has 1 aliphatic heterocycles. The zero-order valence-corrected chi connectivity index (χ0v) is 12.5. The quantitative estimate of drug-likeness (QED) is 0.758. The van der Waals surface area contributed by atoms with Gasteiger partial charge in [0.2, 0.25) is 0 Å². The highest BCUT2D eigenvalue weighted by Gasteiger charge is 2.42. The molecular weight excluding hydrogens is 304 g/mol. The van der Waals surface area contributed by atoms with Gasteiger partial charge in [0.05, 0.1) is 0 Å². The van der Waals surface area contributed by atoms with Gasteiger partial charge in [0.25, 0.3) is 10.2 Å². The van der Waals surface area contributed by atoms with Gasteiger partial charge in [-0.15, -0.1) is 0 Å². The first kappa shape index (κ1) is 13.8. The summed E-state index contributed by atoms with van der Waals surface area (Å²) < 4.78 is 28.5. The average molecular weight is 325 g/mol. The standard InChI is InChI=1S/C11H21BrN2O2S/c12-7-6-11(4-5-11)10-13-17(15,16)14-8-2-1-3-9-14/h13H,1-10H2. The van der Waals surface area contributed by atoms with E-state index in [4.69, 9.17) is 0 Å². The van der Waals surface area contributed by atoms with Gasteiger partial charge in [0.1, 0.15) is 0 Å². The Balaban J connectivity index is 1.84. The molecule has 0 atom stereocenters. The Bertz CT molecular complexity index is 348. The van der Waals surface area contributed by atoms with E-state index in [2.05, 4.69) is 20.7 Å². The summed E-state index contributed by atoms with van der Waals surface area (Å²) in [6, 6.07) is 0. The summed E-state index contributed by atoms with van der Waals surface area (Å²) in [5.41, 5.74) is 0.242. The van der Waals surface area contributed by atoms with Crippen LogP contribution in [0.3, 0.4) is 0 Å². The summed E-state index contributed by atoms with van der Waals surface area (Å²) in [5.74, 6) is 0. The minimum absolute atomic E-state index is 0.242. The lowest BCUT2D eigenvalue weighted by atomic mass is 10.1. The van der Waals surface area contributed by atoms with Crippen LogP contribution in [0.4, 0.5) is 0 Å². The molecule has 2 rings (SSSR count). The molecule has 1 saturated carbocycles. The summed E-state index contributed by atoms with van der Waals surface area (Å²) >= 11 is 3.43. The molecule has 0 amide bonds. The second-order valence-corrected chi connectivity index (χ2v) is 7.77. The number of rotatable bonds is 6. The largest absolute Gasteiger partial charge is 0.279 e. The summed E-state index contributed by atoms with van der Waals surface area (Å²) in [4.78, 5) is 0. The molecule has 17 heavy (non-hydrogen) atoms.